The van der Waals surface area contributed by atoms with Crippen molar-refractivity contribution in [1.82, 2.24) is 0 Å². The summed E-state index contributed by atoms with van der Waals surface area (Å²) in [5.41, 5.74) is 16.0. The number of hydrogen-bond donors (Lipinski definition) is 0. The molecule has 7 rings (SSSR count). The summed E-state index contributed by atoms with van der Waals surface area (Å²) in [6.45, 7) is 16.9. The van der Waals surface area contributed by atoms with E-state index in [9.17, 15) is 0 Å². The van der Waals surface area contributed by atoms with Gasteiger partial charge in [-0.25, -0.2) is 0 Å². The van der Waals surface area contributed by atoms with Crippen LogP contribution in [0.3, 0.4) is 0 Å². The highest BCUT2D eigenvalue weighted by atomic mass is 16.5. The SMILES string of the molecule is Cc1ccc(Cc2ccc(C)cc2)cc1.Cc1ccc(Oc2cccc(C)c2)cc1.Cc1cccc(C)c1.Cc1cccc(Cc2cccc(C)c2)c1. The van der Waals surface area contributed by atoms with E-state index >= 15 is 0 Å². The fourth-order valence-electron chi connectivity index (χ4n) is 5.76. The van der Waals surface area contributed by atoms with Crippen molar-refractivity contribution in [1.29, 1.82) is 0 Å². The summed E-state index contributed by atoms with van der Waals surface area (Å²) in [5, 5.41) is 0. The van der Waals surface area contributed by atoms with Crippen LogP contribution in [0.4, 0.5) is 0 Å². The summed E-state index contributed by atoms with van der Waals surface area (Å²) in [5.74, 6) is 1.77. The van der Waals surface area contributed by atoms with Gasteiger partial charge in [-0.05, 0) is 120 Å². The van der Waals surface area contributed by atoms with Crippen LogP contribution in [0, 0.1) is 55.4 Å². The number of hydrogen-bond acceptors (Lipinski definition) is 1. The smallest absolute Gasteiger partial charge is 0.127 e. The van der Waals surface area contributed by atoms with Crippen LogP contribution in [0.15, 0.2) is 170 Å². The Morgan fingerprint density at radius 2 is 0.604 bits per heavy atom. The lowest BCUT2D eigenvalue weighted by molar-refractivity contribution is 0.482. The van der Waals surface area contributed by atoms with Crippen LogP contribution in [-0.2, 0) is 12.8 Å². The van der Waals surface area contributed by atoms with Crippen molar-refractivity contribution in [3.05, 3.63) is 237 Å². The van der Waals surface area contributed by atoms with Crippen molar-refractivity contribution >= 4 is 0 Å². The first-order valence-electron chi connectivity index (χ1n) is 18.6. The molecule has 0 aliphatic rings. The van der Waals surface area contributed by atoms with Gasteiger partial charge in [0, 0.05) is 0 Å². The van der Waals surface area contributed by atoms with Crippen LogP contribution >= 0.6 is 0 Å². The fourth-order valence-corrected chi connectivity index (χ4v) is 5.76. The van der Waals surface area contributed by atoms with E-state index < -0.39 is 0 Å². The second-order valence-electron chi connectivity index (χ2n) is 14.2. The molecule has 0 bridgehead atoms. The second kappa shape index (κ2) is 21.0. The van der Waals surface area contributed by atoms with E-state index in [4.69, 9.17) is 4.74 Å². The topological polar surface area (TPSA) is 9.23 Å². The highest BCUT2D eigenvalue weighted by molar-refractivity contribution is 5.35. The predicted octanol–water partition coefficient (Wildman–Crippen LogP) is 14.2. The molecule has 0 amide bonds. The van der Waals surface area contributed by atoms with Gasteiger partial charge in [0.2, 0.25) is 0 Å². The van der Waals surface area contributed by atoms with Crippen LogP contribution in [0.1, 0.15) is 66.8 Å². The van der Waals surface area contributed by atoms with Crippen LogP contribution < -0.4 is 4.74 Å². The Morgan fingerprint density at radius 3 is 0.981 bits per heavy atom. The fraction of sp³-hybridized carbons (Fsp3) is 0.192. The number of ether oxygens (including phenoxy) is 1. The van der Waals surface area contributed by atoms with Gasteiger partial charge in [0.15, 0.2) is 0 Å². The molecule has 53 heavy (non-hydrogen) atoms. The number of rotatable bonds is 6. The summed E-state index contributed by atoms with van der Waals surface area (Å²) in [7, 11) is 0. The maximum atomic E-state index is 5.71. The lowest BCUT2D eigenvalue weighted by Crippen LogP contribution is -1.89. The standard InChI is InChI=1S/2C15H16.C14H14O.C8H10/c1-12-3-7-14(8-4-12)11-15-9-5-13(2)6-10-15;1-12-5-3-7-14(9-12)11-15-8-4-6-13(2)10-15;1-11-6-8-13(9-7-11)15-14-5-3-4-12(2)10-14;1-7-4-3-5-8(2)6-7/h2*3-10H,11H2,1-2H3;3-10H,1-2H3;3-6H,1-2H3. The normalized spacial score (nSPS) is 10.0. The largest absolute Gasteiger partial charge is 0.457 e. The maximum absolute atomic E-state index is 5.71. The predicted molar refractivity (Wildman–Crippen MR) is 229 cm³/mol. The molecule has 0 aliphatic carbocycles. The summed E-state index contributed by atoms with van der Waals surface area (Å²) >= 11 is 0. The summed E-state index contributed by atoms with van der Waals surface area (Å²) in [6.07, 6.45) is 2.06. The second-order valence-corrected chi connectivity index (χ2v) is 14.2. The molecule has 0 aliphatic heterocycles. The Labute approximate surface area is 320 Å². The third-order valence-corrected chi connectivity index (χ3v) is 8.64. The van der Waals surface area contributed by atoms with E-state index in [1.807, 2.05) is 42.5 Å². The zero-order valence-electron chi connectivity index (χ0n) is 33.0. The Hall–Kier alpha value is -5.66. The molecule has 0 heterocycles. The minimum Gasteiger partial charge on any atom is -0.457 e. The van der Waals surface area contributed by atoms with E-state index in [-0.39, 0.29) is 0 Å². The quantitative estimate of drug-likeness (QED) is 0.168. The van der Waals surface area contributed by atoms with Crippen molar-refractivity contribution in [3.63, 3.8) is 0 Å². The average Bonchev–Trinajstić information content (AvgIpc) is 3.12. The minimum absolute atomic E-state index is 0.881. The molecule has 0 unspecified atom stereocenters. The lowest BCUT2D eigenvalue weighted by atomic mass is 10.0. The van der Waals surface area contributed by atoms with Crippen LogP contribution in [0.5, 0.6) is 11.5 Å². The first-order chi connectivity index (χ1) is 25.5. The van der Waals surface area contributed by atoms with Gasteiger partial charge < -0.3 is 4.74 Å². The zero-order chi connectivity index (χ0) is 38.0. The Balaban J connectivity index is 0.000000161. The molecular weight excluding hydrogens is 641 g/mol. The molecule has 270 valence electrons. The number of aryl methyl sites for hydroxylation is 8. The van der Waals surface area contributed by atoms with Gasteiger partial charge in [-0.2, -0.15) is 0 Å². The van der Waals surface area contributed by atoms with Gasteiger partial charge in [0.05, 0.1) is 0 Å². The maximum Gasteiger partial charge on any atom is 0.127 e. The van der Waals surface area contributed by atoms with Crippen molar-refractivity contribution in [2.45, 2.75) is 68.2 Å². The summed E-state index contributed by atoms with van der Waals surface area (Å²) in [6, 6.07) is 59.5. The Morgan fingerprint density at radius 1 is 0.264 bits per heavy atom. The molecule has 1 nitrogen and oxygen atoms in total. The van der Waals surface area contributed by atoms with Crippen LogP contribution in [0.2, 0.25) is 0 Å². The van der Waals surface area contributed by atoms with Gasteiger partial charge >= 0.3 is 0 Å². The molecule has 1 heteroatoms. The third-order valence-electron chi connectivity index (χ3n) is 8.64. The van der Waals surface area contributed by atoms with Crippen molar-refractivity contribution in [3.8, 4) is 11.5 Å². The molecule has 0 aromatic heterocycles. The molecule has 0 atom stereocenters. The highest BCUT2D eigenvalue weighted by Gasteiger charge is 1.98. The highest BCUT2D eigenvalue weighted by Crippen LogP contribution is 2.22. The van der Waals surface area contributed by atoms with Gasteiger partial charge in [0.25, 0.3) is 0 Å². The number of benzene rings is 7. The molecule has 7 aromatic carbocycles. The van der Waals surface area contributed by atoms with E-state index in [0.717, 1.165) is 24.3 Å². The zero-order valence-corrected chi connectivity index (χ0v) is 33.0. The van der Waals surface area contributed by atoms with Crippen LogP contribution in [0.25, 0.3) is 0 Å². The molecular formula is C52H56O. The van der Waals surface area contributed by atoms with E-state index in [2.05, 4.69) is 183 Å². The van der Waals surface area contributed by atoms with E-state index in [0.29, 0.717) is 0 Å². The first-order valence-corrected chi connectivity index (χ1v) is 18.6. The minimum atomic E-state index is 0.881. The molecule has 0 fully saturated rings. The Bertz CT molecular complexity index is 2000. The monoisotopic (exact) mass is 696 g/mol. The van der Waals surface area contributed by atoms with Crippen molar-refractivity contribution in [2.75, 3.05) is 0 Å². The van der Waals surface area contributed by atoms with Crippen molar-refractivity contribution < 1.29 is 4.74 Å². The van der Waals surface area contributed by atoms with Crippen LogP contribution in [-0.4, -0.2) is 0 Å². The van der Waals surface area contributed by atoms with Gasteiger partial charge in [-0.1, -0.05) is 185 Å². The third kappa shape index (κ3) is 15.6. The van der Waals surface area contributed by atoms with E-state index in [1.54, 1.807) is 0 Å². The van der Waals surface area contributed by atoms with Gasteiger partial charge in [-0.15, -0.1) is 0 Å². The lowest BCUT2D eigenvalue weighted by Gasteiger charge is -2.06. The van der Waals surface area contributed by atoms with E-state index in [1.165, 1.54) is 66.8 Å². The van der Waals surface area contributed by atoms with Crippen molar-refractivity contribution in [2.24, 2.45) is 0 Å². The molecule has 7 aromatic rings. The molecule has 0 saturated carbocycles. The Kier molecular flexibility index (Phi) is 15.9. The first kappa shape index (κ1) is 40.1. The van der Waals surface area contributed by atoms with Gasteiger partial charge in [-0.3, -0.25) is 0 Å². The molecule has 0 spiro atoms. The average molecular weight is 697 g/mol. The molecule has 0 radical (unpaired) electrons. The summed E-state index contributed by atoms with van der Waals surface area (Å²) < 4.78 is 5.71. The van der Waals surface area contributed by atoms with Gasteiger partial charge in [0.1, 0.15) is 11.5 Å². The molecule has 0 N–H and O–H groups in total. The molecule has 0 saturated heterocycles. The summed E-state index contributed by atoms with van der Waals surface area (Å²) in [4.78, 5) is 0.